The third-order valence-electron chi connectivity index (χ3n) is 4.28. The van der Waals surface area contributed by atoms with Crippen molar-refractivity contribution in [3.63, 3.8) is 0 Å². The average Bonchev–Trinajstić information content (AvgIpc) is 3.09. The van der Waals surface area contributed by atoms with Gasteiger partial charge in [0, 0.05) is 23.6 Å². The van der Waals surface area contributed by atoms with E-state index in [1.807, 2.05) is 18.2 Å². The number of hydrogen-bond donors (Lipinski definition) is 1. The van der Waals surface area contributed by atoms with Crippen molar-refractivity contribution in [2.24, 2.45) is 0 Å². The van der Waals surface area contributed by atoms with E-state index in [4.69, 9.17) is 0 Å². The molecule has 0 radical (unpaired) electrons. The first-order valence-electron chi connectivity index (χ1n) is 8.38. The van der Waals surface area contributed by atoms with E-state index in [0.29, 0.717) is 17.1 Å². The van der Waals surface area contributed by atoms with Crippen LogP contribution in [0, 0.1) is 17.0 Å². The standard InChI is InChI=1S/C19H18N4O3S/c1-12(14-7-4-3-5-8-14)11-17-21-22-19(27-17)20-18(24)15-9-6-10-16(13(15)2)23(25)26/h3-10,12H,11H2,1-2H3,(H,20,22,24). The lowest BCUT2D eigenvalue weighted by molar-refractivity contribution is -0.385. The van der Waals surface area contributed by atoms with Crippen LogP contribution in [-0.2, 0) is 6.42 Å². The molecule has 138 valence electrons. The Bertz CT molecular complexity index is 972. The summed E-state index contributed by atoms with van der Waals surface area (Å²) in [5.74, 6) is -0.156. The highest BCUT2D eigenvalue weighted by molar-refractivity contribution is 7.15. The fourth-order valence-electron chi connectivity index (χ4n) is 2.78. The van der Waals surface area contributed by atoms with Gasteiger partial charge in [0.1, 0.15) is 5.01 Å². The molecule has 0 aliphatic rings. The van der Waals surface area contributed by atoms with Crippen molar-refractivity contribution in [3.05, 3.63) is 80.3 Å². The van der Waals surface area contributed by atoms with Gasteiger partial charge in [-0.25, -0.2) is 0 Å². The number of carbonyl (C=O) groups excluding carboxylic acids is 1. The molecule has 1 amide bonds. The second-order valence-corrected chi connectivity index (χ2v) is 7.24. The lowest BCUT2D eigenvalue weighted by Gasteiger charge is -2.08. The van der Waals surface area contributed by atoms with Gasteiger partial charge in [-0.3, -0.25) is 20.2 Å². The SMILES string of the molecule is Cc1c(C(=O)Nc2nnc(CC(C)c3ccccc3)s2)cccc1[N+](=O)[O-]. The van der Waals surface area contributed by atoms with Crippen molar-refractivity contribution >= 4 is 28.1 Å². The van der Waals surface area contributed by atoms with Crippen molar-refractivity contribution < 1.29 is 9.72 Å². The zero-order valence-corrected chi connectivity index (χ0v) is 15.7. The summed E-state index contributed by atoms with van der Waals surface area (Å²) in [4.78, 5) is 23.0. The minimum Gasteiger partial charge on any atom is -0.296 e. The Hall–Kier alpha value is -3.13. The van der Waals surface area contributed by atoms with Crippen molar-refractivity contribution in [1.29, 1.82) is 0 Å². The number of nitrogens with zero attached hydrogens (tertiary/aromatic N) is 3. The number of amides is 1. The second-order valence-electron chi connectivity index (χ2n) is 6.18. The van der Waals surface area contributed by atoms with Gasteiger partial charge in [0.2, 0.25) is 5.13 Å². The van der Waals surface area contributed by atoms with Crippen molar-refractivity contribution in [2.75, 3.05) is 5.32 Å². The molecule has 0 bridgehead atoms. The number of nitro benzene ring substituents is 1. The Morgan fingerprint density at radius 3 is 2.63 bits per heavy atom. The number of aromatic nitrogens is 2. The molecule has 3 aromatic rings. The molecular weight excluding hydrogens is 364 g/mol. The predicted octanol–water partition coefficient (Wildman–Crippen LogP) is 4.35. The van der Waals surface area contributed by atoms with Gasteiger partial charge in [0.15, 0.2) is 0 Å². The second kappa shape index (κ2) is 8.05. The fourth-order valence-corrected chi connectivity index (χ4v) is 3.64. The van der Waals surface area contributed by atoms with Gasteiger partial charge >= 0.3 is 0 Å². The Balaban J connectivity index is 1.70. The number of carbonyl (C=O) groups is 1. The number of nitro groups is 1. The Morgan fingerprint density at radius 2 is 1.93 bits per heavy atom. The summed E-state index contributed by atoms with van der Waals surface area (Å²) < 4.78 is 0. The van der Waals surface area contributed by atoms with Crippen LogP contribution in [0.3, 0.4) is 0 Å². The first-order valence-corrected chi connectivity index (χ1v) is 9.20. The molecule has 1 unspecified atom stereocenters. The lowest BCUT2D eigenvalue weighted by atomic mass is 9.98. The number of hydrogen-bond acceptors (Lipinski definition) is 6. The van der Waals surface area contributed by atoms with Crippen LogP contribution in [0.1, 0.15) is 39.3 Å². The van der Waals surface area contributed by atoms with Gasteiger partial charge in [-0.05, 0) is 24.5 Å². The van der Waals surface area contributed by atoms with Crippen LogP contribution in [0.4, 0.5) is 10.8 Å². The zero-order chi connectivity index (χ0) is 19.4. The number of nitrogens with one attached hydrogen (secondary N) is 1. The molecule has 0 spiro atoms. The molecule has 3 rings (SSSR count). The molecule has 8 heteroatoms. The Morgan fingerprint density at radius 1 is 1.19 bits per heavy atom. The summed E-state index contributed by atoms with van der Waals surface area (Å²) >= 11 is 1.31. The van der Waals surface area contributed by atoms with Crippen molar-refractivity contribution in [3.8, 4) is 0 Å². The molecule has 1 heterocycles. The highest BCUT2D eigenvalue weighted by Crippen LogP contribution is 2.26. The molecule has 1 aromatic heterocycles. The molecular formula is C19H18N4O3S. The van der Waals surface area contributed by atoms with Crippen LogP contribution >= 0.6 is 11.3 Å². The van der Waals surface area contributed by atoms with Gasteiger partial charge in [-0.1, -0.05) is 54.7 Å². The van der Waals surface area contributed by atoms with E-state index in [1.165, 1.54) is 29.0 Å². The summed E-state index contributed by atoms with van der Waals surface area (Å²) in [5, 5.41) is 23.1. The smallest absolute Gasteiger partial charge is 0.273 e. The summed E-state index contributed by atoms with van der Waals surface area (Å²) in [5.41, 5.74) is 1.70. The molecule has 0 aliphatic carbocycles. The quantitative estimate of drug-likeness (QED) is 0.505. The molecule has 2 aromatic carbocycles. The third-order valence-corrected chi connectivity index (χ3v) is 5.14. The van der Waals surface area contributed by atoms with Crippen LogP contribution in [0.2, 0.25) is 0 Å². The maximum absolute atomic E-state index is 12.5. The monoisotopic (exact) mass is 382 g/mol. The van der Waals surface area contributed by atoms with Crippen LogP contribution < -0.4 is 5.32 Å². The van der Waals surface area contributed by atoms with E-state index in [2.05, 4.69) is 34.6 Å². The first kappa shape index (κ1) is 18.7. The van der Waals surface area contributed by atoms with E-state index in [-0.39, 0.29) is 17.2 Å². The highest BCUT2D eigenvalue weighted by Gasteiger charge is 2.19. The van der Waals surface area contributed by atoms with Crippen molar-refractivity contribution in [1.82, 2.24) is 10.2 Å². The first-order chi connectivity index (χ1) is 13.0. The van der Waals surface area contributed by atoms with E-state index < -0.39 is 10.8 Å². The van der Waals surface area contributed by atoms with Gasteiger partial charge < -0.3 is 0 Å². The molecule has 0 saturated carbocycles. The summed E-state index contributed by atoms with van der Waals surface area (Å²) in [6, 6.07) is 14.5. The van der Waals surface area contributed by atoms with E-state index >= 15 is 0 Å². The zero-order valence-electron chi connectivity index (χ0n) is 14.9. The molecule has 1 atom stereocenters. The van der Waals surface area contributed by atoms with Gasteiger partial charge in [0.25, 0.3) is 11.6 Å². The molecule has 0 saturated heterocycles. The maximum atomic E-state index is 12.5. The third kappa shape index (κ3) is 4.35. The average molecular weight is 382 g/mol. The van der Waals surface area contributed by atoms with Crippen LogP contribution in [-0.4, -0.2) is 21.0 Å². The van der Waals surface area contributed by atoms with Crippen LogP contribution in [0.15, 0.2) is 48.5 Å². The minimum absolute atomic E-state index is 0.0858. The van der Waals surface area contributed by atoms with E-state index in [1.54, 1.807) is 13.0 Å². The molecule has 27 heavy (non-hydrogen) atoms. The lowest BCUT2D eigenvalue weighted by Crippen LogP contribution is -2.14. The fraction of sp³-hybridized carbons (Fsp3) is 0.211. The Kier molecular flexibility index (Phi) is 5.56. The number of benzene rings is 2. The predicted molar refractivity (Wildman–Crippen MR) is 104 cm³/mol. The van der Waals surface area contributed by atoms with Crippen LogP contribution in [0.25, 0.3) is 0 Å². The molecule has 0 aliphatic heterocycles. The normalized spacial score (nSPS) is 11.8. The van der Waals surface area contributed by atoms with Gasteiger partial charge in [0.05, 0.1) is 4.92 Å². The van der Waals surface area contributed by atoms with Gasteiger partial charge in [-0.15, -0.1) is 10.2 Å². The summed E-state index contributed by atoms with van der Waals surface area (Å²) in [7, 11) is 0. The van der Waals surface area contributed by atoms with Crippen LogP contribution in [0.5, 0.6) is 0 Å². The maximum Gasteiger partial charge on any atom is 0.273 e. The summed E-state index contributed by atoms with van der Waals surface area (Å²) in [6.45, 7) is 3.67. The van der Waals surface area contributed by atoms with Gasteiger partial charge in [-0.2, -0.15) is 0 Å². The molecule has 0 fully saturated rings. The topological polar surface area (TPSA) is 98.0 Å². The Labute approximate surface area is 160 Å². The molecule has 7 nitrogen and oxygen atoms in total. The molecule has 1 N–H and O–H groups in total. The van der Waals surface area contributed by atoms with E-state index in [0.717, 1.165) is 5.01 Å². The summed E-state index contributed by atoms with van der Waals surface area (Å²) in [6.07, 6.45) is 0.716. The number of rotatable bonds is 6. The van der Waals surface area contributed by atoms with Crippen molar-refractivity contribution in [2.45, 2.75) is 26.2 Å². The largest absolute Gasteiger partial charge is 0.296 e. The number of anilines is 1. The minimum atomic E-state index is -0.500. The van der Waals surface area contributed by atoms with E-state index in [9.17, 15) is 14.9 Å². The highest BCUT2D eigenvalue weighted by atomic mass is 32.1.